The van der Waals surface area contributed by atoms with E-state index >= 15 is 0 Å². The maximum atomic E-state index is 2.61. The summed E-state index contributed by atoms with van der Waals surface area (Å²) in [5.41, 5.74) is 12.0. The third kappa shape index (κ3) is 2.95. The maximum Gasteiger partial charge on any atom is 0.113 e. The summed E-state index contributed by atoms with van der Waals surface area (Å²) in [4.78, 5) is 0. The lowest BCUT2D eigenvalue weighted by molar-refractivity contribution is 1.20. The number of allylic oxidation sites excluding steroid dienone is 2. The molecule has 0 saturated carbocycles. The number of benzene rings is 4. The molecule has 164 valence electrons. The zero-order valence-corrected chi connectivity index (χ0v) is 21.7. The van der Waals surface area contributed by atoms with Crippen molar-refractivity contribution >= 4 is 40.0 Å². The van der Waals surface area contributed by atoms with Crippen molar-refractivity contribution in [3.05, 3.63) is 105 Å². The van der Waals surface area contributed by atoms with Gasteiger partial charge in [-0.2, -0.15) is 0 Å². The van der Waals surface area contributed by atoms with Gasteiger partial charge in [0, 0.05) is 0 Å². The molecular formula is C32H32Si. The number of hydrogen-bond acceptors (Lipinski definition) is 0. The minimum Gasteiger partial charge on any atom is -0.0686 e. The Hall–Kier alpha value is -2.90. The van der Waals surface area contributed by atoms with Gasteiger partial charge in [0.05, 0.1) is 0 Å². The SMILES string of the molecule is CC1=C([Si](C)(C)C2=C(C)Cc3ccc4ccc(C)cc4c32)c2c(ccc3ccc(C)cc23)C1. The first-order valence-corrected chi connectivity index (χ1v) is 15.2. The van der Waals surface area contributed by atoms with Gasteiger partial charge in [-0.05, 0) is 94.7 Å². The molecule has 4 aromatic rings. The largest absolute Gasteiger partial charge is 0.113 e. The Labute approximate surface area is 198 Å². The first-order chi connectivity index (χ1) is 15.8. The van der Waals surface area contributed by atoms with Crippen molar-refractivity contribution in [1.82, 2.24) is 0 Å². The van der Waals surface area contributed by atoms with E-state index in [4.69, 9.17) is 0 Å². The summed E-state index contributed by atoms with van der Waals surface area (Å²) in [5.74, 6) is 0. The number of rotatable bonds is 2. The molecule has 6 rings (SSSR count). The van der Waals surface area contributed by atoms with Gasteiger partial charge in [0.25, 0.3) is 0 Å². The molecule has 0 atom stereocenters. The van der Waals surface area contributed by atoms with Gasteiger partial charge in [0.15, 0.2) is 0 Å². The van der Waals surface area contributed by atoms with Crippen molar-refractivity contribution in [2.75, 3.05) is 0 Å². The van der Waals surface area contributed by atoms with Crippen LogP contribution in [0.5, 0.6) is 0 Å². The number of aryl methyl sites for hydroxylation is 2. The van der Waals surface area contributed by atoms with Crippen molar-refractivity contribution < 1.29 is 0 Å². The fourth-order valence-electron chi connectivity index (χ4n) is 6.83. The predicted molar refractivity (Wildman–Crippen MR) is 147 cm³/mol. The average Bonchev–Trinajstić information content (AvgIpc) is 3.30. The topological polar surface area (TPSA) is 0 Å². The van der Waals surface area contributed by atoms with Crippen molar-refractivity contribution in [1.29, 1.82) is 0 Å². The van der Waals surface area contributed by atoms with Crippen molar-refractivity contribution in [2.24, 2.45) is 0 Å². The molecule has 1 heteroatoms. The highest BCUT2D eigenvalue weighted by Gasteiger charge is 2.41. The second-order valence-corrected chi connectivity index (χ2v) is 15.2. The molecular weight excluding hydrogens is 412 g/mol. The Morgan fingerprint density at radius 1 is 0.545 bits per heavy atom. The molecule has 2 aliphatic rings. The molecule has 4 aromatic carbocycles. The van der Waals surface area contributed by atoms with E-state index in [1.165, 1.54) is 43.8 Å². The van der Waals surface area contributed by atoms with Crippen molar-refractivity contribution in [3.8, 4) is 0 Å². The summed E-state index contributed by atoms with van der Waals surface area (Å²) in [6.45, 7) is 14.5. The van der Waals surface area contributed by atoms with Gasteiger partial charge in [0.1, 0.15) is 8.07 Å². The second-order valence-electron chi connectivity index (χ2n) is 10.9. The van der Waals surface area contributed by atoms with Crippen LogP contribution in [0.3, 0.4) is 0 Å². The molecule has 2 aliphatic carbocycles. The monoisotopic (exact) mass is 444 g/mol. The number of fused-ring (bicyclic) bond motifs is 6. The molecule has 0 aromatic heterocycles. The molecule has 0 unspecified atom stereocenters. The van der Waals surface area contributed by atoms with E-state index in [9.17, 15) is 0 Å². The summed E-state index contributed by atoms with van der Waals surface area (Å²) in [6, 6.07) is 23.3. The van der Waals surface area contributed by atoms with Gasteiger partial charge < -0.3 is 0 Å². The Morgan fingerprint density at radius 2 is 0.939 bits per heavy atom. The highest BCUT2D eigenvalue weighted by molar-refractivity contribution is 7.09. The standard InChI is InChI=1S/C32H32Si/c1-19-7-9-23-11-13-25-17-21(3)31(29(25)27(23)15-19)33(5,6)32-22(4)18-26-14-12-24-10-8-20(2)16-28(24)30(26)32/h7-16H,17-18H2,1-6H3. The molecule has 0 fully saturated rings. The van der Waals surface area contributed by atoms with Crippen LogP contribution in [0.2, 0.25) is 13.1 Å². The molecule has 0 nitrogen and oxygen atoms in total. The van der Waals surface area contributed by atoms with Crippen LogP contribution in [0.1, 0.15) is 47.2 Å². The van der Waals surface area contributed by atoms with E-state index in [0.717, 1.165) is 12.8 Å². The average molecular weight is 445 g/mol. The summed E-state index contributed by atoms with van der Waals surface area (Å²) in [7, 11) is -1.98. The van der Waals surface area contributed by atoms with Crippen molar-refractivity contribution in [2.45, 2.75) is 53.6 Å². The summed E-state index contributed by atoms with van der Waals surface area (Å²) < 4.78 is 0. The van der Waals surface area contributed by atoms with Gasteiger partial charge in [-0.3, -0.25) is 0 Å². The van der Waals surface area contributed by atoms with E-state index < -0.39 is 8.07 Å². The lowest BCUT2D eigenvalue weighted by atomic mass is 9.99. The lowest BCUT2D eigenvalue weighted by Gasteiger charge is -2.31. The third-order valence-electron chi connectivity index (χ3n) is 8.04. The third-order valence-corrected chi connectivity index (χ3v) is 11.9. The van der Waals surface area contributed by atoms with Crippen LogP contribution in [0.4, 0.5) is 0 Å². The van der Waals surface area contributed by atoms with Gasteiger partial charge in [-0.25, -0.2) is 0 Å². The maximum absolute atomic E-state index is 2.61. The highest BCUT2D eigenvalue weighted by Crippen LogP contribution is 2.51. The summed E-state index contributed by atoms with van der Waals surface area (Å²) in [5, 5.41) is 9.00. The van der Waals surface area contributed by atoms with Crippen LogP contribution in [0.15, 0.2) is 71.8 Å². The van der Waals surface area contributed by atoms with E-state index in [1.54, 1.807) is 32.7 Å². The molecule has 0 N–H and O–H groups in total. The molecule has 0 aliphatic heterocycles. The first-order valence-electron chi connectivity index (χ1n) is 12.2. The van der Waals surface area contributed by atoms with E-state index in [1.807, 2.05) is 0 Å². The van der Waals surface area contributed by atoms with Gasteiger partial charge in [-0.15, -0.1) is 0 Å². The van der Waals surface area contributed by atoms with Crippen LogP contribution in [-0.2, 0) is 12.8 Å². The quantitative estimate of drug-likeness (QED) is 0.271. The predicted octanol–water partition coefficient (Wildman–Crippen LogP) is 8.76. The molecule has 0 spiro atoms. The van der Waals surface area contributed by atoms with Gasteiger partial charge >= 0.3 is 0 Å². The Morgan fingerprint density at radius 3 is 1.36 bits per heavy atom. The Kier molecular flexibility index (Phi) is 4.42. The van der Waals surface area contributed by atoms with E-state index in [-0.39, 0.29) is 0 Å². The molecule has 0 radical (unpaired) electrons. The van der Waals surface area contributed by atoms with Crippen LogP contribution >= 0.6 is 0 Å². The summed E-state index contributed by atoms with van der Waals surface area (Å²) >= 11 is 0. The number of hydrogen-bond donors (Lipinski definition) is 0. The Bertz CT molecular complexity index is 1440. The second kappa shape index (κ2) is 7.05. The normalized spacial score (nSPS) is 15.7. The summed E-state index contributed by atoms with van der Waals surface area (Å²) in [6.07, 6.45) is 2.19. The zero-order valence-electron chi connectivity index (χ0n) is 20.7. The lowest BCUT2D eigenvalue weighted by Crippen LogP contribution is -2.31. The molecule has 0 bridgehead atoms. The molecule has 33 heavy (non-hydrogen) atoms. The van der Waals surface area contributed by atoms with Crippen LogP contribution in [0.25, 0.3) is 31.9 Å². The fourth-order valence-corrected chi connectivity index (χ4v) is 11.2. The highest BCUT2D eigenvalue weighted by atomic mass is 28.3. The van der Waals surface area contributed by atoms with Crippen molar-refractivity contribution in [3.63, 3.8) is 0 Å². The zero-order chi connectivity index (χ0) is 23.1. The van der Waals surface area contributed by atoms with Crippen LogP contribution in [-0.4, -0.2) is 8.07 Å². The molecule has 0 heterocycles. The van der Waals surface area contributed by atoms with Gasteiger partial charge in [0.2, 0.25) is 0 Å². The smallest absolute Gasteiger partial charge is 0.0686 e. The van der Waals surface area contributed by atoms with Crippen LogP contribution < -0.4 is 0 Å². The Balaban J connectivity index is 1.63. The minimum atomic E-state index is -1.98. The van der Waals surface area contributed by atoms with E-state index in [0.29, 0.717) is 0 Å². The van der Waals surface area contributed by atoms with E-state index in [2.05, 4.69) is 101 Å². The van der Waals surface area contributed by atoms with Crippen LogP contribution in [0, 0.1) is 13.8 Å². The molecule has 0 saturated heterocycles. The first kappa shape index (κ1) is 20.7. The molecule has 0 amide bonds. The minimum absolute atomic E-state index is 1.10. The fraction of sp³-hybridized carbons (Fsp3) is 0.250. The van der Waals surface area contributed by atoms with Gasteiger partial charge in [-0.1, -0.05) is 96.0 Å².